The summed E-state index contributed by atoms with van der Waals surface area (Å²) in [5.74, 6) is 1.81. The minimum Gasteiger partial charge on any atom is -0.481 e. The van der Waals surface area contributed by atoms with Gasteiger partial charge in [-0.2, -0.15) is 11.8 Å². The van der Waals surface area contributed by atoms with Gasteiger partial charge in [-0.3, -0.25) is 4.79 Å². The summed E-state index contributed by atoms with van der Waals surface area (Å²) < 4.78 is 0. The van der Waals surface area contributed by atoms with Crippen LogP contribution in [-0.4, -0.2) is 22.6 Å². The average Bonchev–Trinajstić information content (AvgIpc) is 2.36. The van der Waals surface area contributed by atoms with Gasteiger partial charge in [0.15, 0.2) is 0 Å². The largest absolute Gasteiger partial charge is 0.481 e. The molecule has 3 heteroatoms. The first kappa shape index (κ1) is 7.92. The second-order valence-electron chi connectivity index (χ2n) is 2.75. The van der Waals surface area contributed by atoms with E-state index in [4.69, 9.17) is 5.11 Å². The van der Waals surface area contributed by atoms with Crippen LogP contribution in [0.3, 0.4) is 0 Å². The molecule has 0 aromatic rings. The van der Waals surface area contributed by atoms with Gasteiger partial charge in [0.25, 0.3) is 0 Å². The Morgan fingerprint density at radius 2 is 2.50 bits per heavy atom. The van der Waals surface area contributed by atoms with Crippen LogP contribution in [0.1, 0.15) is 13.3 Å². The molecule has 1 heterocycles. The lowest BCUT2D eigenvalue weighted by molar-refractivity contribution is -0.142. The summed E-state index contributed by atoms with van der Waals surface area (Å²) in [6.07, 6.45) is 1.08. The zero-order chi connectivity index (χ0) is 7.56. The third-order valence-electron chi connectivity index (χ3n) is 2.06. The lowest BCUT2D eigenvalue weighted by Crippen LogP contribution is -2.19. The fourth-order valence-corrected chi connectivity index (χ4v) is 2.54. The first-order valence-electron chi connectivity index (χ1n) is 3.52. The molecule has 0 spiro atoms. The summed E-state index contributed by atoms with van der Waals surface area (Å²) in [6.45, 7) is 1.80. The molecular weight excluding hydrogens is 148 g/mol. The number of rotatable bonds is 2. The van der Waals surface area contributed by atoms with Gasteiger partial charge in [0, 0.05) is 0 Å². The molecule has 1 fully saturated rings. The van der Waals surface area contributed by atoms with E-state index >= 15 is 0 Å². The normalized spacial score (nSPS) is 28.3. The van der Waals surface area contributed by atoms with Crippen LogP contribution in [0.15, 0.2) is 0 Å². The second-order valence-corrected chi connectivity index (χ2v) is 3.90. The molecule has 10 heavy (non-hydrogen) atoms. The van der Waals surface area contributed by atoms with E-state index in [1.807, 2.05) is 11.8 Å². The van der Waals surface area contributed by atoms with E-state index in [2.05, 4.69) is 0 Å². The van der Waals surface area contributed by atoms with Crippen LogP contribution in [0, 0.1) is 11.8 Å². The third kappa shape index (κ3) is 1.66. The van der Waals surface area contributed by atoms with Gasteiger partial charge in [-0.15, -0.1) is 0 Å². The predicted molar refractivity (Wildman–Crippen MR) is 42.2 cm³/mol. The quantitative estimate of drug-likeness (QED) is 0.664. The van der Waals surface area contributed by atoms with Crippen LogP contribution in [0.2, 0.25) is 0 Å². The van der Waals surface area contributed by atoms with Gasteiger partial charge < -0.3 is 5.11 Å². The average molecular weight is 160 g/mol. The van der Waals surface area contributed by atoms with Crippen molar-refractivity contribution in [3.8, 4) is 0 Å². The van der Waals surface area contributed by atoms with E-state index in [9.17, 15) is 4.79 Å². The van der Waals surface area contributed by atoms with Crippen molar-refractivity contribution in [2.24, 2.45) is 11.8 Å². The van der Waals surface area contributed by atoms with Crippen LogP contribution in [0.4, 0.5) is 0 Å². The van der Waals surface area contributed by atoms with Gasteiger partial charge in [-0.1, -0.05) is 6.92 Å². The smallest absolute Gasteiger partial charge is 0.306 e. The molecule has 1 rings (SSSR count). The van der Waals surface area contributed by atoms with E-state index < -0.39 is 5.97 Å². The van der Waals surface area contributed by atoms with Gasteiger partial charge in [-0.05, 0) is 23.8 Å². The maximum atomic E-state index is 10.5. The molecule has 0 bridgehead atoms. The first-order chi connectivity index (χ1) is 4.72. The zero-order valence-electron chi connectivity index (χ0n) is 6.04. The van der Waals surface area contributed by atoms with Crippen molar-refractivity contribution in [1.29, 1.82) is 0 Å². The molecule has 0 amide bonds. The van der Waals surface area contributed by atoms with Crippen molar-refractivity contribution in [1.82, 2.24) is 0 Å². The topological polar surface area (TPSA) is 37.3 Å². The van der Waals surface area contributed by atoms with Crippen LogP contribution in [0.25, 0.3) is 0 Å². The highest BCUT2D eigenvalue weighted by Gasteiger charge is 2.26. The van der Waals surface area contributed by atoms with Crippen molar-refractivity contribution in [2.75, 3.05) is 11.5 Å². The summed E-state index contributed by atoms with van der Waals surface area (Å²) in [6, 6.07) is 0. The lowest BCUT2D eigenvalue weighted by atomic mass is 9.94. The molecule has 58 valence electrons. The van der Waals surface area contributed by atoms with E-state index in [1.165, 1.54) is 0 Å². The number of carbonyl (C=O) groups is 1. The van der Waals surface area contributed by atoms with Crippen molar-refractivity contribution < 1.29 is 9.90 Å². The summed E-state index contributed by atoms with van der Waals surface area (Å²) >= 11 is 1.86. The number of thioether (sulfide) groups is 1. The van der Waals surface area contributed by atoms with E-state index in [-0.39, 0.29) is 5.92 Å². The molecule has 2 nitrogen and oxygen atoms in total. The van der Waals surface area contributed by atoms with E-state index in [0.717, 1.165) is 17.9 Å². The van der Waals surface area contributed by atoms with Gasteiger partial charge >= 0.3 is 5.97 Å². The van der Waals surface area contributed by atoms with Crippen molar-refractivity contribution in [3.63, 3.8) is 0 Å². The first-order valence-corrected chi connectivity index (χ1v) is 4.68. The van der Waals surface area contributed by atoms with Gasteiger partial charge in [0.1, 0.15) is 0 Å². The summed E-state index contributed by atoms with van der Waals surface area (Å²) in [5, 5.41) is 8.63. The Hall–Kier alpha value is -0.180. The fourth-order valence-electron chi connectivity index (χ4n) is 1.15. The highest BCUT2D eigenvalue weighted by molar-refractivity contribution is 7.99. The van der Waals surface area contributed by atoms with Crippen molar-refractivity contribution in [3.05, 3.63) is 0 Å². The minimum absolute atomic E-state index is 0.144. The Kier molecular flexibility index (Phi) is 2.60. The van der Waals surface area contributed by atoms with Crippen molar-refractivity contribution >= 4 is 17.7 Å². The van der Waals surface area contributed by atoms with Crippen LogP contribution < -0.4 is 0 Å². The summed E-state index contributed by atoms with van der Waals surface area (Å²) in [7, 11) is 0. The molecule has 0 radical (unpaired) electrons. The Labute approximate surface area is 65.0 Å². The molecule has 0 aliphatic carbocycles. The third-order valence-corrected chi connectivity index (χ3v) is 3.25. The maximum absolute atomic E-state index is 10.5. The second kappa shape index (κ2) is 3.28. The number of carboxylic acid groups (broad SMARTS) is 1. The van der Waals surface area contributed by atoms with Gasteiger partial charge in [-0.25, -0.2) is 0 Å². The van der Waals surface area contributed by atoms with Gasteiger partial charge in [0.05, 0.1) is 5.92 Å². The minimum atomic E-state index is -0.646. The molecule has 1 aliphatic rings. The summed E-state index contributed by atoms with van der Waals surface area (Å²) in [4.78, 5) is 10.5. The summed E-state index contributed by atoms with van der Waals surface area (Å²) in [5.41, 5.74) is 0. The van der Waals surface area contributed by atoms with Crippen LogP contribution >= 0.6 is 11.8 Å². The van der Waals surface area contributed by atoms with E-state index in [1.54, 1.807) is 6.92 Å². The van der Waals surface area contributed by atoms with Crippen LogP contribution in [0.5, 0.6) is 0 Å². The zero-order valence-corrected chi connectivity index (χ0v) is 6.86. The number of aliphatic carboxylic acids is 1. The molecule has 1 N–H and O–H groups in total. The van der Waals surface area contributed by atoms with Crippen molar-refractivity contribution in [2.45, 2.75) is 13.3 Å². The maximum Gasteiger partial charge on any atom is 0.306 e. The predicted octanol–water partition coefficient (Wildman–Crippen LogP) is 1.46. The fraction of sp³-hybridized carbons (Fsp3) is 0.857. The highest BCUT2D eigenvalue weighted by atomic mass is 32.2. The Morgan fingerprint density at radius 3 is 2.90 bits per heavy atom. The Bertz CT molecular complexity index is 130. The molecule has 1 aliphatic heterocycles. The molecule has 2 unspecified atom stereocenters. The standard InChI is InChI=1S/C7H12O2S/c1-5(7(8)9)6-2-3-10-4-6/h5-6H,2-4H2,1H3,(H,8,9). The van der Waals surface area contributed by atoms with Gasteiger partial charge in [0.2, 0.25) is 0 Å². The number of carboxylic acids is 1. The Morgan fingerprint density at radius 1 is 1.80 bits per heavy atom. The Balaban J connectivity index is 2.39. The molecule has 2 atom stereocenters. The van der Waals surface area contributed by atoms with E-state index in [0.29, 0.717) is 5.92 Å². The highest BCUT2D eigenvalue weighted by Crippen LogP contribution is 2.29. The lowest BCUT2D eigenvalue weighted by Gasteiger charge is -2.11. The monoisotopic (exact) mass is 160 g/mol. The molecule has 0 saturated carbocycles. The SMILES string of the molecule is CC(C(=O)O)C1CCSC1. The number of hydrogen-bond acceptors (Lipinski definition) is 2. The molecule has 0 aromatic heterocycles. The van der Waals surface area contributed by atoms with Crippen LogP contribution in [-0.2, 0) is 4.79 Å². The molecule has 1 saturated heterocycles. The molecule has 0 aromatic carbocycles. The number of hydrogen-bond donors (Lipinski definition) is 1. The molecular formula is C7H12O2S.